The molecule has 74 valence electrons. The van der Waals surface area contributed by atoms with Gasteiger partial charge in [-0.2, -0.15) is 0 Å². The maximum atomic E-state index is 11.1. The van der Waals surface area contributed by atoms with Crippen LogP contribution in [0, 0.1) is 0 Å². The Kier molecular flexibility index (Phi) is 5.59. The molecule has 0 saturated heterocycles. The summed E-state index contributed by atoms with van der Waals surface area (Å²) < 4.78 is 0. The Balaban J connectivity index is 3.70. The van der Waals surface area contributed by atoms with Gasteiger partial charge < -0.3 is 11.1 Å². The van der Waals surface area contributed by atoms with Crippen LogP contribution < -0.4 is 11.1 Å². The van der Waals surface area contributed by atoms with Gasteiger partial charge in [0.25, 0.3) is 0 Å². The minimum atomic E-state index is -0.532. The molecule has 0 aromatic heterocycles. The van der Waals surface area contributed by atoms with Gasteiger partial charge in [-0.3, -0.25) is 9.59 Å². The zero-order chi connectivity index (χ0) is 10.3. The molecule has 0 saturated carbocycles. The Labute approximate surface area is 78.2 Å². The molecule has 13 heavy (non-hydrogen) atoms. The SMILES string of the molecule is C=C(CC(N)=O)C(=O)NCCCC. The van der Waals surface area contributed by atoms with Crippen molar-refractivity contribution in [1.29, 1.82) is 0 Å². The van der Waals surface area contributed by atoms with Crippen LogP contribution >= 0.6 is 0 Å². The van der Waals surface area contributed by atoms with E-state index in [2.05, 4.69) is 11.9 Å². The van der Waals surface area contributed by atoms with Crippen molar-refractivity contribution in [3.05, 3.63) is 12.2 Å². The van der Waals surface area contributed by atoms with Crippen LogP contribution in [-0.4, -0.2) is 18.4 Å². The largest absolute Gasteiger partial charge is 0.369 e. The molecular weight excluding hydrogens is 168 g/mol. The van der Waals surface area contributed by atoms with Gasteiger partial charge in [-0.1, -0.05) is 19.9 Å². The summed E-state index contributed by atoms with van der Waals surface area (Å²) in [6, 6.07) is 0. The molecular formula is C9H16N2O2. The second kappa shape index (κ2) is 6.22. The first-order chi connectivity index (χ1) is 6.07. The van der Waals surface area contributed by atoms with Crippen molar-refractivity contribution in [1.82, 2.24) is 5.32 Å². The van der Waals surface area contributed by atoms with Crippen molar-refractivity contribution >= 4 is 11.8 Å². The van der Waals surface area contributed by atoms with Gasteiger partial charge in [0, 0.05) is 12.1 Å². The molecule has 0 rings (SSSR count). The van der Waals surface area contributed by atoms with Gasteiger partial charge in [-0.25, -0.2) is 0 Å². The molecule has 0 aromatic rings. The lowest BCUT2D eigenvalue weighted by Crippen LogP contribution is -2.27. The van der Waals surface area contributed by atoms with E-state index in [9.17, 15) is 9.59 Å². The van der Waals surface area contributed by atoms with Crippen LogP contribution in [0.4, 0.5) is 0 Å². The molecule has 0 atom stereocenters. The summed E-state index contributed by atoms with van der Waals surface area (Å²) in [5.41, 5.74) is 5.13. The minimum absolute atomic E-state index is 0.0715. The third-order valence-electron chi connectivity index (χ3n) is 1.52. The Morgan fingerprint density at radius 3 is 2.54 bits per heavy atom. The third kappa shape index (κ3) is 5.90. The monoisotopic (exact) mass is 184 g/mol. The van der Waals surface area contributed by atoms with Crippen LogP contribution in [0.5, 0.6) is 0 Å². The van der Waals surface area contributed by atoms with Gasteiger partial charge in [0.15, 0.2) is 0 Å². The van der Waals surface area contributed by atoms with Gasteiger partial charge in [-0.05, 0) is 6.42 Å². The molecule has 3 N–H and O–H groups in total. The van der Waals surface area contributed by atoms with Gasteiger partial charge in [0.1, 0.15) is 0 Å². The van der Waals surface area contributed by atoms with Crippen LogP contribution in [0.2, 0.25) is 0 Å². The first-order valence-electron chi connectivity index (χ1n) is 4.32. The lowest BCUT2D eigenvalue weighted by molar-refractivity contribution is -0.121. The summed E-state index contributed by atoms with van der Waals surface area (Å²) in [4.78, 5) is 21.6. The van der Waals surface area contributed by atoms with Crippen LogP contribution in [0.15, 0.2) is 12.2 Å². The van der Waals surface area contributed by atoms with E-state index in [0.717, 1.165) is 12.8 Å². The van der Waals surface area contributed by atoms with E-state index in [1.165, 1.54) is 0 Å². The average Bonchev–Trinajstić information content (AvgIpc) is 2.03. The Bertz CT molecular complexity index is 212. The smallest absolute Gasteiger partial charge is 0.247 e. The lowest BCUT2D eigenvalue weighted by atomic mass is 10.2. The summed E-state index contributed by atoms with van der Waals surface area (Å²) in [6.07, 6.45) is 1.87. The number of unbranched alkanes of at least 4 members (excludes halogenated alkanes) is 1. The van der Waals surface area contributed by atoms with Crippen molar-refractivity contribution in [3.8, 4) is 0 Å². The van der Waals surface area contributed by atoms with E-state index in [1.54, 1.807) is 0 Å². The number of hydrogen-bond acceptors (Lipinski definition) is 2. The highest BCUT2D eigenvalue weighted by Crippen LogP contribution is 1.96. The highest BCUT2D eigenvalue weighted by molar-refractivity contribution is 5.97. The maximum absolute atomic E-state index is 11.1. The highest BCUT2D eigenvalue weighted by atomic mass is 16.2. The van der Waals surface area contributed by atoms with Crippen molar-refractivity contribution in [2.24, 2.45) is 5.73 Å². The number of primary amides is 1. The normalized spacial score (nSPS) is 9.31. The molecule has 0 spiro atoms. The van der Waals surface area contributed by atoms with Crippen molar-refractivity contribution < 1.29 is 9.59 Å². The van der Waals surface area contributed by atoms with E-state index in [-0.39, 0.29) is 17.9 Å². The molecule has 4 heteroatoms. The number of rotatable bonds is 6. The Morgan fingerprint density at radius 1 is 1.46 bits per heavy atom. The number of carbonyl (C=O) groups excluding carboxylic acids is 2. The summed E-state index contributed by atoms with van der Waals surface area (Å²) in [5, 5.41) is 2.64. The molecule has 0 heterocycles. The zero-order valence-electron chi connectivity index (χ0n) is 7.93. The second-order valence-electron chi connectivity index (χ2n) is 2.86. The fourth-order valence-electron chi connectivity index (χ4n) is 0.794. The fourth-order valence-corrected chi connectivity index (χ4v) is 0.794. The minimum Gasteiger partial charge on any atom is -0.369 e. The quantitative estimate of drug-likeness (QED) is 0.461. The molecule has 0 radical (unpaired) electrons. The molecule has 0 aliphatic carbocycles. The van der Waals surface area contributed by atoms with Gasteiger partial charge in [0.05, 0.1) is 6.42 Å². The van der Waals surface area contributed by atoms with Crippen molar-refractivity contribution in [2.45, 2.75) is 26.2 Å². The van der Waals surface area contributed by atoms with E-state index in [1.807, 2.05) is 6.92 Å². The first-order valence-corrected chi connectivity index (χ1v) is 4.32. The lowest BCUT2D eigenvalue weighted by Gasteiger charge is -2.04. The van der Waals surface area contributed by atoms with Crippen LogP contribution in [-0.2, 0) is 9.59 Å². The van der Waals surface area contributed by atoms with E-state index < -0.39 is 5.91 Å². The van der Waals surface area contributed by atoms with Crippen LogP contribution in [0.3, 0.4) is 0 Å². The predicted octanol–water partition coefficient (Wildman–Crippen LogP) is 0.334. The Hall–Kier alpha value is -1.32. The van der Waals surface area contributed by atoms with E-state index in [0.29, 0.717) is 6.54 Å². The molecule has 0 fully saturated rings. The molecule has 0 aliphatic rings. The number of hydrogen-bond donors (Lipinski definition) is 2. The van der Waals surface area contributed by atoms with E-state index in [4.69, 9.17) is 5.73 Å². The molecule has 0 bridgehead atoms. The number of nitrogens with one attached hydrogen (secondary N) is 1. The first kappa shape index (κ1) is 11.7. The zero-order valence-corrected chi connectivity index (χ0v) is 7.93. The molecule has 2 amide bonds. The molecule has 0 aliphatic heterocycles. The molecule has 0 unspecified atom stereocenters. The number of carbonyl (C=O) groups is 2. The number of amides is 2. The molecule has 0 aromatic carbocycles. The standard InChI is InChI=1S/C9H16N2O2/c1-3-4-5-11-9(13)7(2)6-8(10)12/h2-6H2,1H3,(H2,10,12)(H,11,13). The maximum Gasteiger partial charge on any atom is 0.247 e. The van der Waals surface area contributed by atoms with Crippen LogP contribution in [0.25, 0.3) is 0 Å². The molecule has 4 nitrogen and oxygen atoms in total. The Morgan fingerprint density at radius 2 is 2.08 bits per heavy atom. The summed E-state index contributed by atoms with van der Waals surface area (Å²) >= 11 is 0. The summed E-state index contributed by atoms with van der Waals surface area (Å²) in [7, 11) is 0. The van der Waals surface area contributed by atoms with Gasteiger partial charge in [-0.15, -0.1) is 0 Å². The third-order valence-corrected chi connectivity index (χ3v) is 1.52. The topological polar surface area (TPSA) is 72.2 Å². The van der Waals surface area contributed by atoms with E-state index >= 15 is 0 Å². The van der Waals surface area contributed by atoms with Crippen molar-refractivity contribution in [2.75, 3.05) is 6.54 Å². The van der Waals surface area contributed by atoms with Gasteiger partial charge in [0.2, 0.25) is 11.8 Å². The van der Waals surface area contributed by atoms with Gasteiger partial charge >= 0.3 is 0 Å². The van der Waals surface area contributed by atoms with Crippen LogP contribution in [0.1, 0.15) is 26.2 Å². The summed E-state index contributed by atoms with van der Waals surface area (Å²) in [5.74, 6) is -0.817. The fraction of sp³-hybridized carbons (Fsp3) is 0.556. The van der Waals surface area contributed by atoms with Crippen molar-refractivity contribution in [3.63, 3.8) is 0 Å². The second-order valence-corrected chi connectivity index (χ2v) is 2.86. The predicted molar refractivity (Wildman–Crippen MR) is 50.9 cm³/mol. The highest BCUT2D eigenvalue weighted by Gasteiger charge is 2.07. The average molecular weight is 184 g/mol. The number of nitrogens with two attached hydrogens (primary N) is 1. The summed E-state index contributed by atoms with van der Waals surface area (Å²) in [6.45, 7) is 6.11.